The number of nitrogens with one attached hydrogen (secondary N) is 2. The van der Waals surface area contributed by atoms with Gasteiger partial charge in [-0.3, -0.25) is 14.4 Å². The number of amides is 3. The van der Waals surface area contributed by atoms with Crippen molar-refractivity contribution in [2.45, 2.75) is 40.0 Å². The van der Waals surface area contributed by atoms with Gasteiger partial charge in [-0.2, -0.15) is 0 Å². The highest BCUT2D eigenvalue weighted by atomic mass is 16.5. The fourth-order valence-corrected chi connectivity index (χ4v) is 3.90. The van der Waals surface area contributed by atoms with Crippen molar-refractivity contribution >= 4 is 23.4 Å². The van der Waals surface area contributed by atoms with Crippen LogP contribution in [0.3, 0.4) is 0 Å². The molecule has 0 radical (unpaired) electrons. The normalized spacial score (nSPS) is 14.1. The number of benzene rings is 2. The van der Waals surface area contributed by atoms with Crippen LogP contribution in [0.4, 0.5) is 5.69 Å². The van der Waals surface area contributed by atoms with E-state index >= 15 is 0 Å². The first kappa shape index (κ1) is 25.3. The Labute approximate surface area is 201 Å². The predicted molar refractivity (Wildman–Crippen MR) is 133 cm³/mol. The van der Waals surface area contributed by atoms with Crippen molar-refractivity contribution in [2.75, 3.05) is 31.6 Å². The Bertz CT molecular complexity index is 983. The van der Waals surface area contributed by atoms with Gasteiger partial charge in [-0.25, -0.2) is 0 Å². The van der Waals surface area contributed by atoms with Crippen LogP contribution in [0.1, 0.15) is 49.0 Å². The van der Waals surface area contributed by atoms with Crippen molar-refractivity contribution in [3.8, 4) is 5.75 Å². The summed E-state index contributed by atoms with van der Waals surface area (Å²) in [5, 5.41) is 5.90. The van der Waals surface area contributed by atoms with Gasteiger partial charge in [0.1, 0.15) is 5.75 Å². The van der Waals surface area contributed by atoms with Gasteiger partial charge in [-0.1, -0.05) is 32.0 Å². The molecule has 1 saturated heterocycles. The fraction of sp³-hybridized carbons (Fsp3) is 0.444. The topological polar surface area (TPSA) is 87.7 Å². The summed E-state index contributed by atoms with van der Waals surface area (Å²) in [5.74, 6) is 0.897. The van der Waals surface area contributed by atoms with Crippen LogP contribution in [-0.4, -0.2) is 48.9 Å². The van der Waals surface area contributed by atoms with Gasteiger partial charge in [0, 0.05) is 36.8 Å². The number of nitrogens with zero attached hydrogens (tertiary/aromatic N) is 1. The van der Waals surface area contributed by atoms with Crippen LogP contribution in [0.15, 0.2) is 48.5 Å². The number of anilines is 1. The molecule has 0 spiro atoms. The van der Waals surface area contributed by atoms with Crippen molar-refractivity contribution in [1.82, 2.24) is 10.2 Å². The molecule has 2 aromatic rings. The van der Waals surface area contributed by atoms with Gasteiger partial charge in [0.25, 0.3) is 5.91 Å². The van der Waals surface area contributed by atoms with Crippen molar-refractivity contribution < 1.29 is 19.1 Å². The lowest BCUT2D eigenvalue weighted by Gasteiger charge is -2.31. The Hall–Kier alpha value is -3.35. The van der Waals surface area contributed by atoms with Crippen molar-refractivity contribution in [3.63, 3.8) is 0 Å². The van der Waals surface area contributed by atoms with Crippen LogP contribution in [0.2, 0.25) is 0 Å². The van der Waals surface area contributed by atoms with Gasteiger partial charge in [0.15, 0.2) is 0 Å². The van der Waals surface area contributed by atoms with E-state index < -0.39 is 0 Å². The van der Waals surface area contributed by atoms with E-state index in [1.807, 2.05) is 56.0 Å². The van der Waals surface area contributed by atoms with Gasteiger partial charge in [-0.15, -0.1) is 0 Å². The standard InChI is InChI=1S/C27H35N3O4/c1-19(2)18-28-26(32)22-9-10-24(20(3)17-22)29-27(33)21-11-14-30(15-12-21)25(31)13-16-34-23-7-5-4-6-8-23/h4-10,17,19,21H,11-16,18H2,1-3H3,(H,28,32)(H,29,33). The van der Waals surface area contributed by atoms with E-state index in [0.717, 1.165) is 11.3 Å². The molecule has 2 aromatic carbocycles. The maximum Gasteiger partial charge on any atom is 0.251 e. The van der Waals surface area contributed by atoms with Crippen LogP contribution in [0.5, 0.6) is 5.75 Å². The zero-order valence-electron chi connectivity index (χ0n) is 20.3. The van der Waals surface area contributed by atoms with Crippen molar-refractivity contribution in [3.05, 3.63) is 59.7 Å². The Morgan fingerprint density at radius 1 is 1.06 bits per heavy atom. The molecule has 1 aliphatic rings. The van der Waals surface area contributed by atoms with Crippen LogP contribution >= 0.6 is 0 Å². The Morgan fingerprint density at radius 3 is 2.41 bits per heavy atom. The highest BCUT2D eigenvalue weighted by Crippen LogP contribution is 2.22. The van der Waals surface area contributed by atoms with Gasteiger partial charge >= 0.3 is 0 Å². The summed E-state index contributed by atoms with van der Waals surface area (Å²) in [7, 11) is 0. The summed E-state index contributed by atoms with van der Waals surface area (Å²) in [6.45, 7) is 8.07. The molecule has 1 aliphatic heterocycles. The van der Waals surface area contributed by atoms with Crippen molar-refractivity contribution in [1.29, 1.82) is 0 Å². The number of ether oxygens (including phenoxy) is 1. The predicted octanol–water partition coefficient (Wildman–Crippen LogP) is 4.03. The Balaban J connectivity index is 1.43. The summed E-state index contributed by atoms with van der Waals surface area (Å²) in [6, 6.07) is 14.8. The zero-order valence-corrected chi connectivity index (χ0v) is 20.3. The van der Waals surface area contributed by atoms with Crippen LogP contribution in [0, 0.1) is 18.8 Å². The average molecular weight is 466 g/mol. The third-order valence-corrected chi connectivity index (χ3v) is 5.96. The second-order valence-electron chi connectivity index (χ2n) is 9.19. The maximum atomic E-state index is 12.8. The lowest BCUT2D eigenvalue weighted by atomic mass is 9.95. The number of aryl methyl sites for hydroxylation is 1. The first-order valence-electron chi connectivity index (χ1n) is 12.0. The molecule has 7 heteroatoms. The number of likely N-dealkylation sites (tertiary alicyclic amines) is 1. The Kier molecular flexibility index (Phi) is 9.08. The minimum Gasteiger partial charge on any atom is -0.493 e. The summed E-state index contributed by atoms with van der Waals surface area (Å²) >= 11 is 0. The SMILES string of the molecule is Cc1cc(C(=O)NCC(C)C)ccc1NC(=O)C1CCN(C(=O)CCOc2ccccc2)CC1. The van der Waals surface area contributed by atoms with Gasteiger partial charge in [-0.05, 0) is 61.6 Å². The fourth-order valence-electron chi connectivity index (χ4n) is 3.90. The first-order chi connectivity index (χ1) is 16.3. The second-order valence-corrected chi connectivity index (χ2v) is 9.19. The maximum absolute atomic E-state index is 12.8. The number of piperidine rings is 1. The molecule has 182 valence electrons. The highest BCUT2D eigenvalue weighted by molar-refractivity contribution is 5.97. The van der Waals surface area contributed by atoms with Crippen LogP contribution in [0.25, 0.3) is 0 Å². The summed E-state index contributed by atoms with van der Waals surface area (Å²) in [4.78, 5) is 39.4. The number of hydrogen-bond acceptors (Lipinski definition) is 4. The van der Waals surface area contributed by atoms with Gasteiger partial charge in [0.05, 0.1) is 13.0 Å². The van der Waals surface area contributed by atoms with E-state index in [-0.39, 0.29) is 23.6 Å². The summed E-state index contributed by atoms with van der Waals surface area (Å²) in [5.41, 5.74) is 2.14. The molecular formula is C27H35N3O4. The molecule has 7 nitrogen and oxygen atoms in total. The number of hydrogen-bond donors (Lipinski definition) is 2. The minimum absolute atomic E-state index is 0.0420. The van der Waals surface area contributed by atoms with Gasteiger partial charge in [0.2, 0.25) is 11.8 Å². The number of carbonyl (C=O) groups excluding carboxylic acids is 3. The van der Waals surface area contributed by atoms with E-state index in [4.69, 9.17) is 4.74 Å². The summed E-state index contributed by atoms with van der Waals surface area (Å²) in [6.07, 6.45) is 1.58. The van der Waals surface area contributed by atoms with E-state index in [1.165, 1.54) is 0 Å². The molecule has 3 amide bonds. The van der Waals surface area contributed by atoms with Gasteiger partial charge < -0.3 is 20.3 Å². The third-order valence-electron chi connectivity index (χ3n) is 5.96. The van der Waals surface area contributed by atoms with E-state index in [0.29, 0.717) is 62.7 Å². The quantitative estimate of drug-likeness (QED) is 0.585. The molecule has 1 heterocycles. The van der Waals surface area contributed by atoms with E-state index in [1.54, 1.807) is 18.2 Å². The highest BCUT2D eigenvalue weighted by Gasteiger charge is 2.27. The molecule has 1 fully saturated rings. The monoisotopic (exact) mass is 465 g/mol. The molecule has 34 heavy (non-hydrogen) atoms. The van der Waals surface area contributed by atoms with E-state index in [2.05, 4.69) is 10.6 Å². The minimum atomic E-state index is -0.141. The number of carbonyl (C=O) groups is 3. The molecular weight excluding hydrogens is 430 g/mol. The molecule has 0 bridgehead atoms. The van der Waals surface area contributed by atoms with E-state index in [9.17, 15) is 14.4 Å². The molecule has 0 saturated carbocycles. The molecule has 0 aromatic heterocycles. The number of para-hydroxylation sites is 1. The molecule has 0 unspecified atom stereocenters. The molecule has 0 atom stereocenters. The van der Waals surface area contributed by atoms with Crippen LogP contribution < -0.4 is 15.4 Å². The second kappa shape index (κ2) is 12.2. The average Bonchev–Trinajstić information content (AvgIpc) is 2.84. The largest absolute Gasteiger partial charge is 0.493 e. The lowest BCUT2D eigenvalue weighted by Crippen LogP contribution is -2.41. The van der Waals surface area contributed by atoms with Crippen molar-refractivity contribution in [2.24, 2.45) is 11.8 Å². The number of rotatable bonds is 9. The smallest absolute Gasteiger partial charge is 0.251 e. The summed E-state index contributed by atoms with van der Waals surface area (Å²) < 4.78 is 5.61. The zero-order chi connectivity index (χ0) is 24.5. The van der Waals surface area contributed by atoms with Crippen LogP contribution in [-0.2, 0) is 9.59 Å². The molecule has 0 aliphatic carbocycles. The third kappa shape index (κ3) is 7.33. The molecule has 3 rings (SSSR count). The lowest BCUT2D eigenvalue weighted by molar-refractivity contribution is -0.135. The molecule has 2 N–H and O–H groups in total. The first-order valence-corrected chi connectivity index (χ1v) is 12.0. The Morgan fingerprint density at radius 2 is 1.76 bits per heavy atom.